The van der Waals surface area contributed by atoms with Gasteiger partial charge in [-0.25, -0.2) is 0 Å². The highest BCUT2D eigenvalue weighted by Crippen LogP contribution is 2.23. The van der Waals surface area contributed by atoms with Gasteiger partial charge in [0, 0.05) is 44.1 Å². The minimum absolute atomic E-state index is 0.0188. The van der Waals surface area contributed by atoms with Crippen molar-refractivity contribution < 1.29 is 14.1 Å². The van der Waals surface area contributed by atoms with Gasteiger partial charge in [0.05, 0.1) is 17.5 Å². The van der Waals surface area contributed by atoms with Gasteiger partial charge in [-0.15, -0.1) is 0 Å². The number of rotatable bonds is 6. The summed E-state index contributed by atoms with van der Waals surface area (Å²) >= 11 is 0. The number of piperidine rings is 1. The van der Waals surface area contributed by atoms with E-state index in [1.807, 2.05) is 29.2 Å². The number of benzene rings is 1. The van der Waals surface area contributed by atoms with E-state index in [0.717, 1.165) is 29.5 Å². The topological polar surface area (TPSA) is 81.2 Å². The van der Waals surface area contributed by atoms with E-state index in [-0.39, 0.29) is 17.6 Å². The first-order valence-corrected chi connectivity index (χ1v) is 9.76. The molecule has 0 bridgehead atoms. The van der Waals surface area contributed by atoms with Crippen LogP contribution in [0.5, 0.6) is 0 Å². The summed E-state index contributed by atoms with van der Waals surface area (Å²) in [4.78, 5) is 26.9. The van der Waals surface area contributed by atoms with Crippen molar-refractivity contribution in [1.82, 2.24) is 19.8 Å². The quantitative estimate of drug-likeness (QED) is 0.614. The number of amides is 1. The van der Waals surface area contributed by atoms with Crippen LogP contribution in [0.3, 0.4) is 0 Å². The molecule has 3 aromatic rings. The first kappa shape index (κ1) is 18.4. The Hall–Kier alpha value is -2.96. The zero-order valence-electron chi connectivity index (χ0n) is 16.0. The van der Waals surface area contributed by atoms with E-state index in [4.69, 9.17) is 4.52 Å². The predicted molar refractivity (Wildman–Crippen MR) is 104 cm³/mol. The number of carbonyl (C=O) groups is 2. The number of nitrogens with zero attached hydrogens (tertiary/aromatic N) is 4. The second kappa shape index (κ2) is 7.96. The molecule has 7 heteroatoms. The summed E-state index contributed by atoms with van der Waals surface area (Å²) in [6.45, 7) is 1.28. The maximum Gasteiger partial charge on any atom is 0.222 e. The molecule has 0 radical (unpaired) electrons. The normalized spacial score (nSPS) is 15.2. The van der Waals surface area contributed by atoms with Crippen LogP contribution in [-0.2, 0) is 18.3 Å². The Morgan fingerprint density at radius 1 is 1.21 bits per heavy atom. The lowest BCUT2D eigenvalue weighted by Crippen LogP contribution is -2.40. The number of likely N-dealkylation sites (tertiary alicyclic amines) is 1. The number of Topliss-reactive ketones (excluding diaryl/α,β-unsaturated/α-hetero) is 1. The van der Waals surface area contributed by atoms with E-state index >= 15 is 0 Å². The van der Waals surface area contributed by atoms with Gasteiger partial charge in [0.2, 0.25) is 5.91 Å². The number of para-hydroxylation sites is 1. The lowest BCUT2D eigenvalue weighted by molar-refractivity contribution is -0.132. The highest BCUT2D eigenvalue weighted by atomic mass is 16.5. The third-order valence-electron chi connectivity index (χ3n) is 5.46. The molecule has 1 aliphatic heterocycles. The average molecular weight is 380 g/mol. The van der Waals surface area contributed by atoms with E-state index in [1.165, 1.54) is 0 Å². The van der Waals surface area contributed by atoms with E-state index in [0.29, 0.717) is 37.9 Å². The van der Waals surface area contributed by atoms with Crippen LogP contribution >= 0.6 is 0 Å². The van der Waals surface area contributed by atoms with Gasteiger partial charge in [-0.3, -0.25) is 14.3 Å². The van der Waals surface area contributed by atoms with Crippen molar-refractivity contribution in [1.29, 1.82) is 0 Å². The molecular formula is C21H24N4O3. The number of aryl methyl sites for hydroxylation is 2. The largest absolute Gasteiger partial charge is 0.356 e. The van der Waals surface area contributed by atoms with Crippen LogP contribution in [0.15, 0.2) is 41.2 Å². The van der Waals surface area contributed by atoms with E-state index < -0.39 is 0 Å². The molecule has 0 spiro atoms. The molecular weight excluding hydrogens is 356 g/mol. The Labute approximate surface area is 163 Å². The molecule has 0 N–H and O–H groups in total. The average Bonchev–Trinajstić information content (AvgIpc) is 3.34. The van der Waals surface area contributed by atoms with Gasteiger partial charge >= 0.3 is 0 Å². The van der Waals surface area contributed by atoms with E-state index in [9.17, 15) is 9.59 Å². The minimum atomic E-state index is -0.0188. The summed E-state index contributed by atoms with van der Waals surface area (Å²) < 4.78 is 6.95. The van der Waals surface area contributed by atoms with Crippen LogP contribution in [0, 0.1) is 5.92 Å². The fourth-order valence-corrected chi connectivity index (χ4v) is 3.86. The Kier molecular flexibility index (Phi) is 5.23. The zero-order valence-corrected chi connectivity index (χ0v) is 16.0. The predicted octanol–water partition coefficient (Wildman–Crippen LogP) is 3.01. The first-order chi connectivity index (χ1) is 13.6. The highest BCUT2D eigenvalue weighted by Gasteiger charge is 2.28. The van der Waals surface area contributed by atoms with Gasteiger partial charge < -0.3 is 9.42 Å². The maximum atomic E-state index is 12.5. The maximum absolute atomic E-state index is 12.5. The van der Waals surface area contributed by atoms with Crippen LogP contribution < -0.4 is 0 Å². The van der Waals surface area contributed by atoms with Crippen LogP contribution in [0.1, 0.15) is 41.7 Å². The van der Waals surface area contributed by atoms with Crippen LogP contribution in [-0.4, -0.2) is 44.6 Å². The van der Waals surface area contributed by atoms with Crippen molar-refractivity contribution in [3.63, 3.8) is 0 Å². The molecule has 0 atom stereocenters. The number of aromatic nitrogens is 3. The number of ketones is 1. The van der Waals surface area contributed by atoms with Crippen molar-refractivity contribution >= 4 is 22.7 Å². The molecule has 3 heterocycles. The smallest absolute Gasteiger partial charge is 0.222 e. The summed E-state index contributed by atoms with van der Waals surface area (Å²) in [5, 5.41) is 9.21. The Morgan fingerprint density at radius 2 is 2.00 bits per heavy atom. The molecule has 2 aromatic heterocycles. The van der Waals surface area contributed by atoms with Crippen LogP contribution in [0.25, 0.3) is 11.0 Å². The third-order valence-corrected chi connectivity index (χ3v) is 5.46. The standard InChI is InChI=1S/C21H24N4O3/c1-24-14-16(13-22-24)21(27)15-9-11-25(12-10-15)20(26)8-4-6-18-17-5-2-3-7-19(17)28-23-18/h2-3,5,7,13-15H,4,6,8-12H2,1H3. The molecule has 0 saturated carbocycles. The molecule has 4 rings (SSSR count). The van der Waals surface area contributed by atoms with Gasteiger partial charge in [0.1, 0.15) is 0 Å². The molecule has 1 amide bonds. The van der Waals surface area contributed by atoms with E-state index in [2.05, 4.69) is 10.3 Å². The second-order valence-electron chi connectivity index (χ2n) is 7.40. The van der Waals surface area contributed by atoms with Gasteiger partial charge in [-0.2, -0.15) is 5.10 Å². The number of carbonyl (C=O) groups excluding carboxylic acids is 2. The fraction of sp³-hybridized carbons (Fsp3) is 0.429. The van der Waals surface area contributed by atoms with Gasteiger partial charge in [-0.1, -0.05) is 17.3 Å². The summed E-state index contributed by atoms with van der Waals surface area (Å²) in [5.41, 5.74) is 2.35. The summed E-state index contributed by atoms with van der Waals surface area (Å²) in [5.74, 6) is 0.271. The van der Waals surface area contributed by atoms with Gasteiger partial charge in [-0.05, 0) is 37.8 Å². The Bertz CT molecular complexity index is 982. The molecule has 0 aliphatic carbocycles. The molecule has 1 saturated heterocycles. The first-order valence-electron chi connectivity index (χ1n) is 9.76. The summed E-state index contributed by atoms with van der Waals surface area (Å²) in [6.07, 6.45) is 6.76. The van der Waals surface area contributed by atoms with Crippen molar-refractivity contribution in [2.75, 3.05) is 13.1 Å². The van der Waals surface area contributed by atoms with E-state index in [1.54, 1.807) is 24.1 Å². The Balaban J connectivity index is 1.24. The summed E-state index contributed by atoms with van der Waals surface area (Å²) in [7, 11) is 1.81. The molecule has 1 aliphatic rings. The van der Waals surface area contributed by atoms with Gasteiger partial charge in [0.15, 0.2) is 11.4 Å². The second-order valence-corrected chi connectivity index (χ2v) is 7.40. The fourth-order valence-electron chi connectivity index (χ4n) is 3.86. The van der Waals surface area contributed by atoms with Crippen molar-refractivity contribution in [3.05, 3.63) is 47.9 Å². The summed E-state index contributed by atoms with van der Waals surface area (Å²) in [6, 6.07) is 7.77. The molecule has 28 heavy (non-hydrogen) atoms. The molecule has 146 valence electrons. The monoisotopic (exact) mass is 380 g/mol. The molecule has 1 aromatic carbocycles. The number of hydrogen-bond donors (Lipinski definition) is 0. The Morgan fingerprint density at radius 3 is 2.75 bits per heavy atom. The van der Waals surface area contributed by atoms with Crippen molar-refractivity contribution in [2.24, 2.45) is 13.0 Å². The number of fused-ring (bicyclic) bond motifs is 1. The third kappa shape index (κ3) is 3.83. The molecule has 0 unspecified atom stereocenters. The highest BCUT2D eigenvalue weighted by molar-refractivity contribution is 5.97. The van der Waals surface area contributed by atoms with Gasteiger partial charge in [0.25, 0.3) is 0 Å². The lowest BCUT2D eigenvalue weighted by Gasteiger charge is -2.31. The molecule has 1 fully saturated rings. The molecule has 7 nitrogen and oxygen atoms in total. The van der Waals surface area contributed by atoms with Crippen LogP contribution in [0.2, 0.25) is 0 Å². The SMILES string of the molecule is Cn1cc(C(=O)C2CCN(C(=O)CCCc3noc4ccccc34)CC2)cn1. The lowest BCUT2D eigenvalue weighted by atomic mass is 9.90. The van der Waals surface area contributed by atoms with Crippen LogP contribution in [0.4, 0.5) is 0 Å². The zero-order chi connectivity index (χ0) is 19.5. The van der Waals surface area contributed by atoms with Crippen molar-refractivity contribution in [2.45, 2.75) is 32.1 Å². The number of hydrogen-bond acceptors (Lipinski definition) is 5. The van der Waals surface area contributed by atoms with Crippen molar-refractivity contribution in [3.8, 4) is 0 Å². The minimum Gasteiger partial charge on any atom is -0.356 e.